The van der Waals surface area contributed by atoms with E-state index in [0.717, 1.165) is 11.1 Å². The van der Waals surface area contributed by atoms with Crippen molar-refractivity contribution in [2.45, 2.75) is 25.5 Å². The van der Waals surface area contributed by atoms with Gasteiger partial charge in [-0.25, -0.2) is 12.7 Å². The molecule has 0 spiro atoms. The first-order chi connectivity index (χ1) is 14.4. The molecule has 1 heterocycles. The van der Waals surface area contributed by atoms with Crippen LogP contribution in [0.1, 0.15) is 24.0 Å². The number of ether oxygens (including phenoxy) is 1. The summed E-state index contributed by atoms with van der Waals surface area (Å²) in [7, 11) is -3.39. The van der Waals surface area contributed by atoms with Crippen molar-refractivity contribution in [2.24, 2.45) is 5.92 Å². The molecule has 0 aliphatic carbocycles. The number of carbonyl (C=O) groups excluding carboxylic acids is 1. The van der Waals surface area contributed by atoms with Gasteiger partial charge in [0.05, 0.1) is 5.75 Å². The summed E-state index contributed by atoms with van der Waals surface area (Å²) in [4.78, 5) is 12.6. The summed E-state index contributed by atoms with van der Waals surface area (Å²) >= 11 is 0. The number of aryl methyl sites for hydroxylation is 1. The molecule has 1 aliphatic rings. The first-order valence-corrected chi connectivity index (χ1v) is 11.7. The minimum Gasteiger partial charge on any atom is -0.490 e. The molecule has 0 radical (unpaired) electrons. The molecule has 6 nitrogen and oxygen atoms in total. The Labute approximate surface area is 178 Å². The predicted octanol–water partition coefficient (Wildman–Crippen LogP) is 3.74. The number of rotatable bonds is 8. The minimum atomic E-state index is -3.39. The lowest BCUT2D eigenvalue weighted by molar-refractivity contribution is -0.120. The maximum atomic E-state index is 12.7. The van der Waals surface area contributed by atoms with Gasteiger partial charge in [-0.05, 0) is 49.6 Å². The standard InChI is InChI=1S/C23H28N2O4S/c1-3-16-29-22-10-8-21(9-11-22)24-23(26)20-12-14-25(15-13-20)30(27,28)17-19-6-4-18(2)5-7-19/h3-11,20H,1,12-17H2,2H3,(H,24,26). The van der Waals surface area contributed by atoms with Gasteiger partial charge >= 0.3 is 0 Å². The van der Waals surface area contributed by atoms with E-state index in [0.29, 0.717) is 44.0 Å². The van der Waals surface area contributed by atoms with E-state index in [1.54, 1.807) is 30.3 Å². The highest BCUT2D eigenvalue weighted by Crippen LogP contribution is 2.24. The zero-order valence-electron chi connectivity index (χ0n) is 17.2. The highest BCUT2D eigenvalue weighted by atomic mass is 32.2. The van der Waals surface area contributed by atoms with Crippen LogP contribution in [0, 0.1) is 12.8 Å². The topological polar surface area (TPSA) is 75.7 Å². The van der Waals surface area contributed by atoms with Gasteiger partial charge in [0.25, 0.3) is 0 Å². The summed E-state index contributed by atoms with van der Waals surface area (Å²) in [5.74, 6) is 0.419. The number of carbonyl (C=O) groups is 1. The maximum absolute atomic E-state index is 12.7. The second-order valence-electron chi connectivity index (χ2n) is 7.53. The molecule has 1 fully saturated rings. The van der Waals surface area contributed by atoms with E-state index in [9.17, 15) is 13.2 Å². The Morgan fingerprint density at radius 2 is 1.77 bits per heavy atom. The Hall–Kier alpha value is -2.64. The number of sulfonamides is 1. The first kappa shape index (κ1) is 22.1. The van der Waals surface area contributed by atoms with Crippen molar-refractivity contribution in [3.05, 3.63) is 72.3 Å². The van der Waals surface area contributed by atoms with Crippen molar-refractivity contribution < 1.29 is 17.9 Å². The second kappa shape index (κ2) is 9.91. The first-order valence-electron chi connectivity index (χ1n) is 10.1. The van der Waals surface area contributed by atoms with E-state index in [4.69, 9.17) is 4.74 Å². The van der Waals surface area contributed by atoms with Crippen LogP contribution in [0.3, 0.4) is 0 Å². The van der Waals surface area contributed by atoms with Crippen LogP contribution in [0.15, 0.2) is 61.2 Å². The molecule has 0 aromatic heterocycles. The fourth-order valence-electron chi connectivity index (χ4n) is 3.42. The summed E-state index contributed by atoms with van der Waals surface area (Å²) in [5, 5.41) is 2.91. The normalized spacial score (nSPS) is 15.5. The summed E-state index contributed by atoms with van der Waals surface area (Å²) < 4.78 is 32.4. The van der Waals surface area contributed by atoms with E-state index in [1.165, 1.54) is 4.31 Å². The number of benzene rings is 2. The van der Waals surface area contributed by atoms with Crippen LogP contribution in [-0.4, -0.2) is 38.3 Å². The van der Waals surface area contributed by atoms with Crippen LogP contribution < -0.4 is 10.1 Å². The van der Waals surface area contributed by atoms with Crippen molar-refractivity contribution >= 4 is 21.6 Å². The minimum absolute atomic E-state index is 0.00951. The molecule has 160 valence electrons. The summed E-state index contributed by atoms with van der Waals surface area (Å²) in [6, 6.07) is 14.7. The monoisotopic (exact) mass is 428 g/mol. The number of hydrogen-bond acceptors (Lipinski definition) is 4. The molecular weight excluding hydrogens is 400 g/mol. The average Bonchev–Trinajstić information content (AvgIpc) is 2.75. The van der Waals surface area contributed by atoms with Crippen LogP contribution in [0.4, 0.5) is 5.69 Å². The number of amides is 1. The molecule has 0 saturated carbocycles. The van der Waals surface area contributed by atoms with Gasteiger partial charge in [0, 0.05) is 24.7 Å². The average molecular weight is 429 g/mol. The molecule has 0 atom stereocenters. The molecule has 1 amide bonds. The number of hydrogen-bond donors (Lipinski definition) is 1. The highest BCUT2D eigenvalue weighted by Gasteiger charge is 2.31. The Balaban J connectivity index is 1.51. The smallest absolute Gasteiger partial charge is 0.227 e. The Morgan fingerprint density at radius 3 is 2.37 bits per heavy atom. The lowest BCUT2D eigenvalue weighted by Gasteiger charge is -2.30. The quantitative estimate of drug-likeness (QED) is 0.650. The number of nitrogens with one attached hydrogen (secondary N) is 1. The van der Waals surface area contributed by atoms with Gasteiger partial charge in [0.1, 0.15) is 12.4 Å². The Morgan fingerprint density at radius 1 is 1.13 bits per heavy atom. The molecular formula is C23H28N2O4S. The molecule has 2 aromatic carbocycles. The third-order valence-corrected chi connectivity index (χ3v) is 7.03. The van der Waals surface area contributed by atoms with Crippen LogP contribution >= 0.6 is 0 Å². The lowest BCUT2D eigenvalue weighted by atomic mass is 9.97. The summed E-state index contributed by atoms with van der Waals surface area (Å²) in [5.41, 5.74) is 2.57. The number of anilines is 1. The zero-order chi connectivity index (χ0) is 21.6. The molecule has 3 rings (SSSR count). The largest absolute Gasteiger partial charge is 0.490 e. The maximum Gasteiger partial charge on any atom is 0.227 e. The molecule has 30 heavy (non-hydrogen) atoms. The second-order valence-corrected chi connectivity index (χ2v) is 9.50. The van der Waals surface area contributed by atoms with E-state index in [1.807, 2.05) is 31.2 Å². The van der Waals surface area contributed by atoms with E-state index < -0.39 is 10.0 Å². The third kappa shape index (κ3) is 5.93. The van der Waals surface area contributed by atoms with Gasteiger partial charge in [-0.15, -0.1) is 0 Å². The summed E-state index contributed by atoms with van der Waals surface area (Å²) in [6.07, 6.45) is 2.70. The van der Waals surface area contributed by atoms with Gasteiger partial charge in [-0.3, -0.25) is 4.79 Å². The molecule has 1 saturated heterocycles. The lowest BCUT2D eigenvalue weighted by Crippen LogP contribution is -2.41. The molecule has 7 heteroatoms. The van der Waals surface area contributed by atoms with Gasteiger partial charge in [0.15, 0.2) is 0 Å². The Bertz CT molecular complexity index is 961. The molecule has 0 unspecified atom stereocenters. The molecule has 2 aromatic rings. The van der Waals surface area contributed by atoms with Crippen molar-refractivity contribution in [1.82, 2.24) is 4.31 Å². The molecule has 1 N–H and O–H groups in total. The fraction of sp³-hybridized carbons (Fsp3) is 0.348. The van der Waals surface area contributed by atoms with E-state index >= 15 is 0 Å². The van der Waals surface area contributed by atoms with Gasteiger partial charge in [0.2, 0.25) is 15.9 Å². The number of piperidine rings is 1. The SMILES string of the molecule is C=CCOc1ccc(NC(=O)C2CCN(S(=O)(=O)Cc3ccc(C)cc3)CC2)cc1. The van der Waals surface area contributed by atoms with Crippen LogP contribution in [0.25, 0.3) is 0 Å². The molecule has 0 bridgehead atoms. The van der Waals surface area contributed by atoms with E-state index in [-0.39, 0.29) is 17.6 Å². The summed E-state index contributed by atoms with van der Waals surface area (Å²) in [6.45, 7) is 6.73. The van der Waals surface area contributed by atoms with Crippen molar-refractivity contribution in [3.8, 4) is 5.75 Å². The fourth-order valence-corrected chi connectivity index (χ4v) is 4.98. The molecule has 1 aliphatic heterocycles. The van der Waals surface area contributed by atoms with Crippen molar-refractivity contribution in [1.29, 1.82) is 0 Å². The van der Waals surface area contributed by atoms with Gasteiger partial charge in [-0.1, -0.05) is 42.5 Å². The van der Waals surface area contributed by atoms with Crippen LogP contribution in [-0.2, 0) is 20.6 Å². The van der Waals surface area contributed by atoms with E-state index in [2.05, 4.69) is 11.9 Å². The highest BCUT2D eigenvalue weighted by molar-refractivity contribution is 7.88. The van der Waals surface area contributed by atoms with Crippen molar-refractivity contribution in [3.63, 3.8) is 0 Å². The third-order valence-electron chi connectivity index (χ3n) is 5.18. The zero-order valence-corrected chi connectivity index (χ0v) is 18.0. The van der Waals surface area contributed by atoms with Crippen LogP contribution in [0.2, 0.25) is 0 Å². The van der Waals surface area contributed by atoms with Gasteiger partial charge in [-0.2, -0.15) is 0 Å². The Kier molecular flexibility index (Phi) is 7.29. The van der Waals surface area contributed by atoms with Gasteiger partial charge < -0.3 is 10.1 Å². The van der Waals surface area contributed by atoms with Crippen LogP contribution in [0.5, 0.6) is 5.75 Å². The number of nitrogens with zero attached hydrogens (tertiary/aromatic N) is 1. The van der Waals surface area contributed by atoms with Crippen molar-refractivity contribution in [2.75, 3.05) is 25.0 Å². The predicted molar refractivity (Wildman–Crippen MR) is 119 cm³/mol.